The third-order valence-corrected chi connectivity index (χ3v) is 6.82. The summed E-state index contributed by atoms with van der Waals surface area (Å²) in [4.78, 5) is 23.1. The number of carboxylic acids is 1. The Hall–Kier alpha value is -1.06. The van der Waals surface area contributed by atoms with Gasteiger partial charge in [-0.15, -0.1) is 0 Å². The molecule has 0 aromatic carbocycles. The van der Waals surface area contributed by atoms with Crippen molar-refractivity contribution in [3.63, 3.8) is 0 Å². The number of unbranched alkanes of at least 4 members (excludes halogenated alkanes) is 8. The number of aliphatic carboxylic acids is 1. The standard InChI is InChI=1S/C26H48O4/c1-3-5-11-15-22(14-4-2)16-12-9-7-6-8-10-13-21-30-26(29)24-19-17-23(18-20-24)25(27)28/h22-24H,3-21H2,1-2H3,(H,27,28). The molecule has 0 saturated heterocycles. The van der Waals surface area contributed by atoms with Crippen molar-refractivity contribution in [2.75, 3.05) is 6.61 Å². The average Bonchev–Trinajstić information content (AvgIpc) is 2.75. The lowest BCUT2D eigenvalue weighted by atomic mass is 9.82. The van der Waals surface area contributed by atoms with E-state index in [2.05, 4.69) is 13.8 Å². The lowest BCUT2D eigenvalue weighted by molar-refractivity contribution is -0.152. The molecule has 0 aromatic rings. The van der Waals surface area contributed by atoms with Gasteiger partial charge < -0.3 is 9.84 Å². The number of carbonyl (C=O) groups excluding carboxylic acids is 1. The molecule has 1 fully saturated rings. The van der Waals surface area contributed by atoms with Crippen LogP contribution >= 0.6 is 0 Å². The van der Waals surface area contributed by atoms with E-state index in [1.807, 2.05) is 0 Å². The maximum absolute atomic E-state index is 12.1. The summed E-state index contributed by atoms with van der Waals surface area (Å²) in [5.41, 5.74) is 0. The Morgan fingerprint density at radius 1 is 0.733 bits per heavy atom. The van der Waals surface area contributed by atoms with Gasteiger partial charge >= 0.3 is 11.9 Å². The second-order valence-electron chi connectivity index (χ2n) is 9.47. The van der Waals surface area contributed by atoms with Crippen LogP contribution in [0.15, 0.2) is 0 Å². The predicted molar refractivity (Wildman–Crippen MR) is 124 cm³/mol. The molecule has 1 aliphatic carbocycles. The van der Waals surface area contributed by atoms with Gasteiger partial charge in [-0.05, 0) is 38.0 Å². The Kier molecular flexibility index (Phi) is 15.8. The number of carboxylic acid groups (broad SMARTS) is 1. The molecule has 4 nitrogen and oxygen atoms in total. The van der Waals surface area contributed by atoms with Crippen LogP contribution in [0.2, 0.25) is 0 Å². The van der Waals surface area contributed by atoms with Crippen LogP contribution in [-0.4, -0.2) is 23.7 Å². The van der Waals surface area contributed by atoms with Gasteiger partial charge in [0, 0.05) is 0 Å². The Morgan fingerprint density at radius 2 is 1.27 bits per heavy atom. The van der Waals surface area contributed by atoms with E-state index in [4.69, 9.17) is 9.84 Å². The van der Waals surface area contributed by atoms with Crippen LogP contribution in [0.4, 0.5) is 0 Å². The summed E-state index contributed by atoms with van der Waals surface area (Å²) in [6.45, 7) is 5.12. The van der Waals surface area contributed by atoms with Gasteiger partial charge in [0.25, 0.3) is 0 Å². The maximum Gasteiger partial charge on any atom is 0.308 e. The van der Waals surface area contributed by atoms with Gasteiger partial charge in [0.05, 0.1) is 18.4 Å². The molecule has 1 aliphatic rings. The molecule has 1 unspecified atom stereocenters. The van der Waals surface area contributed by atoms with Gasteiger partial charge in [0.1, 0.15) is 0 Å². The van der Waals surface area contributed by atoms with Crippen LogP contribution in [0.25, 0.3) is 0 Å². The molecule has 30 heavy (non-hydrogen) atoms. The first-order valence-electron chi connectivity index (χ1n) is 13.0. The highest BCUT2D eigenvalue weighted by atomic mass is 16.5. The van der Waals surface area contributed by atoms with E-state index < -0.39 is 5.97 Å². The van der Waals surface area contributed by atoms with Crippen molar-refractivity contribution in [1.82, 2.24) is 0 Å². The summed E-state index contributed by atoms with van der Waals surface area (Å²) in [5.74, 6) is -0.240. The van der Waals surface area contributed by atoms with E-state index in [9.17, 15) is 9.59 Å². The van der Waals surface area contributed by atoms with Crippen molar-refractivity contribution in [2.24, 2.45) is 17.8 Å². The fourth-order valence-electron chi connectivity index (χ4n) is 4.81. The first-order valence-corrected chi connectivity index (χ1v) is 13.0. The lowest BCUT2D eigenvalue weighted by Crippen LogP contribution is -2.27. The predicted octanol–water partition coefficient (Wildman–Crippen LogP) is 7.54. The number of hydrogen-bond donors (Lipinski definition) is 1. The first kappa shape index (κ1) is 27.0. The molecule has 0 spiro atoms. The molecular formula is C26H48O4. The van der Waals surface area contributed by atoms with Crippen LogP contribution in [-0.2, 0) is 14.3 Å². The fraction of sp³-hybridized carbons (Fsp3) is 0.923. The highest BCUT2D eigenvalue weighted by Gasteiger charge is 2.30. The molecule has 0 bridgehead atoms. The fourth-order valence-corrected chi connectivity index (χ4v) is 4.81. The second kappa shape index (κ2) is 17.6. The molecule has 1 N–H and O–H groups in total. The number of hydrogen-bond acceptors (Lipinski definition) is 3. The van der Waals surface area contributed by atoms with Crippen LogP contribution in [0, 0.1) is 17.8 Å². The minimum absolute atomic E-state index is 0.0842. The van der Waals surface area contributed by atoms with Crippen molar-refractivity contribution in [1.29, 1.82) is 0 Å². The summed E-state index contributed by atoms with van der Waals surface area (Å²) in [7, 11) is 0. The van der Waals surface area contributed by atoms with Gasteiger partial charge in [0.2, 0.25) is 0 Å². The molecule has 0 aliphatic heterocycles. The largest absolute Gasteiger partial charge is 0.481 e. The Bertz CT molecular complexity index is 440. The third kappa shape index (κ3) is 12.6. The molecule has 4 heteroatoms. The minimum Gasteiger partial charge on any atom is -0.481 e. The van der Waals surface area contributed by atoms with Crippen LogP contribution in [0.3, 0.4) is 0 Å². The number of esters is 1. The van der Waals surface area contributed by atoms with Crippen molar-refractivity contribution in [2.45, 2.75) is 129 Å². The monoisotopic (exact) mass is 424 g/mol. The number of ether oxygens (including phenoxy) is 1. The number of carbonyl (C=O) groups is 2. The van der Waals surface area contributed by atoms with Crippen molar-refractivity contribution >= 4 is 11.9 Å². The molecule has 1 rings (SSSR count). The van der Waals surface area contributed by atoms with Crippen LogP contribution < -0.4 is 0 Å². The van der Waals surface area contributed by atoms with Crippen molar-refractivity contribution in [3.8, 4) is 0 Å². The van der Waals surface area contributed by atoms with Crippen molar-refractivity contribution in [3.05, 3.63) is 0 Å². The van der Waals surface area contributed by atoms with Gasteiger partial charge in [-0.1, -0.05) is 97.3 Å². The summed E-state index contributed by atoms with van der Waals surface area (Å²) >= 11 is 0. The van der Waals surface area contributed by atoms with E-state index in [1.54, 1.807) is 0 Å². The van der Waals surface area contributed by atoms with E-state index in [1.165, 1.54) is 77.0 Å². The second-order valence-corrected chi connectivity index (χ2v) is 9.47. The van der Waals surface area contributed by atoms with Gasteiger partial charge in [-0.2, -0.15) is 0 Å². The molecule has 0 aromatic heterocycles. The lowest BCUT2D eigenvalue weighted by Gasteiger charge is -2.24. The van der Waals surface area contributed by atoms with E-state index >= 15 is 0 Å². The third-order valence-electron chi connectivity index (χ3n) is 6.82. The summed E-state index contributed by atoms with van der Waals surface area (Å²) < 4.78 is 5.43. The zero-order valence-electron chi connectivity index (χ0n) is 19.8. The summed E-state index contributed by atoms with van der Waals surface area (Å²) in [5, 5.41) is 9.02. The van der Waals surface area contributed by atoms with Crippen molar-refractivity contribution < 1.29 is 19.4 Å². The maximum atomic E-state index is 12.1. The van der Waals surface area contributed by atoms with Gasteiger partial charge in [-0.3, -0.25) is 9.59 Å². The summed E-state index contributed by atoms with van der Waals surface area (Å²) in [6.07, 6.45) is 20.9. The van der Waals surface area contributed by atoms with E-state index in [0.717, 1.165) is 18.8 Å². The number of rotatable bonds is 18. The highest BCUT2D eigenvalue weighted by Crippen LogP contribution is 2.29. The molecule has 1 atom stereocenters. The topological polar surface area (TPSA) is 63.6 Å². The quantitative estimate of drug-likeness (QED) is 0.182. The molecule has 176 valence electrons. The minimum atomic E-state index is -0.727. The first-order chi connectivity index (χ1) is 14.6. The summed E-state index contributed by atoms with van der Waals surface area (Å²) in [6, 6.07) is 0. The molecule has 0 radical (unpaired) electrons. The Labute approximate surface area is 185 Å². The highest BCUT2D eigenvalue weighted by molar-refractivity contribution is 5.74. The Morgan fingerprint density at radius 3 is 1.83 bits per heavy atom. The smallest absolute Gasteiger partial charge is 0.308 e. The van der Waals surface area contributed by atoms with Crippen LogP contribution in [0.1, 0.15) is 129 Å². The molecular weight excluding hydrogens is 376 g/mol. The Balaban J connectivity index is 1.93. The van der Waals surface area contributed by atoms with Gasteiger partial charge in [0.15, 0.2) is 0 Å². The molecule has 1 saturated carbocycles. The molecule has 0 amide bonds. The molecule has 0 heterocycles. The normalized spacial score (nSPS) is 20.1. The SMILES string of the molecule is CCCCCC(CCC)CCCCCCCCCOC(=O)C1CCC(C(=O)O)CC1. The van der Waals surface area contributed by atoms with E-state index in [0.29, 0.717) is 32.3 Å². The zero-order valence-corrected chi connectivity index (χ0v) is 19.8. The zero-order chi connectivity index (χ0) is 22.0. The van der Waals surface area contributed by atoms with E-state index in [-0.39, 0.29) is 17.8 Å². The van der Waals surface area contributed by atoms with Gasteiger partial charge in [-0.25, -0.2) is 0 Å². The van der Waals surface area contributed by atoms with Crippen LogP contribution in [0.5, 0.6) is 0 Å². The average molecular weight is 425 g/mol.